The van der Waals surface area contributed by atoms with Gasteiger partial charge in [0, 0.05) is 17.5 Å². The van der Waals surface area contributed by atoms with Gasteiger partial charge in [0.25, 0.3) is 13.0 Å². The number of rotatable bonds is 7. The highest BCUT2D eigenvalue weighted by Gasteiger charge is 2.38. The standard InChI is InChI=1S/C52H36B2N4O/c1-3-17-38(18-4-1)44-25-15-26-45(39-19-5-2-6-20-39)51(44)57-37-56(49-30-9-10-31-50(49)57)41-22-14-24-43(36-41)59-42-23-13-21-40(35-42)54-46-27-7-8-29-48(46)58-34-12-11-32-53(58)47-28-16-33-55-52(47)54/h1-36H/i1D,2D,3D,4D,5D,6D,17D,18D,19D,20D. The second kappa shape index (κ2) is 14.7. The molecule has 7 aromatic carbocycles. The van der Waals surface area contributed by atoms with Gasteiger partial charge in [-0.1, -0.05) is 163 Å². The molecule has 0 aliphatic carbocycles. The summed E-state index contributed by atoms with van der Waals surface area (Å²) in [4.78, 5) is 7.29. The van der Waals surface area contributed by atoms with Gasteiger partial charge in [-0.15, -0.1) is 0 Å². The van der Waals surface area contributed by atoms with Crippen LogP contribution in [0.5, 0.6) is 11.5 Å². The van der Waals surface area contributed by atoms with Gasteiger partial charge in [0.1, 0.15) is 11.5 Å². The van der Waals surface area contributed by atoms with Crippen molar-refractivity contribution in [2.45, 2.75) is 0 Å². The molecule has 4 heterocycles. The van der Waals surface area contributed by atoms with E-state index in [1.807, 2.05) is 85.1 Å². The average molecular weight is 765 g/mol. The molecule has 7 heteroatoms. The lowest BCUT2D eigenvalue weighted by atomic mass is 9.36. The van der Waals surface area contributed by atoms with Crippen molar-refractivity contribution in [3.05, 3.63) is 225 Å². The van der Waals surface area contributed by atoms with Crippen molar-refractivity contribution in [2.24, 2.45) is 0 Å². The van der Waals surface area contributed by atoms with Gasteiger partial charge in [0.05, 0.1) is 36.1 Å². The molecule has 5 nitrogen and oxygen atoms in total. The molecule has 0 amide bonds. The number of hydrogen-bond acceptors (Lipinski definition) is 3. The topological polar surface area (TPSA) is 34.2 Å². The van der Waals surface area contributed by atoms with Crippen LogP contribution in [0.2, 0.25) is 0 Å². The van der Waals surface area contributed by atoms with Crippen LogP contribution in [-0.2, 0) is 0 Å². The number of para-hydroxylation sites is 4. The van der Waals surface area contributed by atoms with Crippen LogP contribution in [0.25, 0.3) is 44.7 Å². The number of pyridine rings is 1. The zero-order valence-electron chi connectivity index (χ0n) is 41.4. The Balaban J connectivity index is 1.05. The molecule has 0 fully saturated rings. The summed E-state index contributed by atoms with van der Waals surface area (Å²) >= 11 is 0. The third-order valence-electron chi connectivity index (χ3n) is 10.8. The second-order valence-electron chi connectivity index (χ2n) is 14.2. The zero-order valence-corrected chi connectivity index (χ0v) is 31.4. The van der Waals surface area contributed by atoms with E-state index in [-0.39, 0.29) is 41.5 Å². The zero-order chi connectivity index (χ0) is 47.8. The number of aromatic nitrogens is 3. The lowest BCUT2D eigenvalue weighted by Crippen LogP contribution is -2.59. The number of hydrogen-bond donors (Lipinski definition) is 0. The Morgan fingerprint density at radius 1 is 0.644 bits per heavy atom. The molecule has 276 valence electrons. The average Bonchev–Trinajstić information content (AvgIpc) is 3.71. The second-order valence-corrected chi connectivity index (χ2v) is 14.2. The lowest BCUT2D eigenvalue weighted by Gasteiger charge is -2.28. The van der Waals surface area contributed by atoms with Crippen molar-refractivity contribution < 1.29 is 23.0 Å². The smallest absolute Gasteiger partial charge is 0.321 e. The molecule has 0 N–H and O–H groups in total. The van der Waals surface area contributed by atoms with Crippen molar-refractivity contribution in [3.63, 3.8) is 0 Å². The van der Waals surface area contributed by atoms with Crippen LogP contribution in [0.1, 0.15) is 13.7 Å². The van der Waals surface area contributed by atoms with E-state index in [1.54, 1.807) is 27.3 Å². The molecule has 11 rings (SSSR count). The van der Waals surface area contributed by atoms with Crippen LogP contribution in [0, 0.1) is 6.33 Å². The van der Waals surface area contributed by atoms with E-state index in [0.717, 1.165) is 27.7 Å². The first-order valence-corrected chi connectivity index (χ1v) is 19.2. The van der Waals surface area contributed by atoms with Gasteiger partial charge in [0.2, 0.25) is 0 Å². The first-order valence-electron chi connectivity index (χ1n) is 24.2. The highest BCUT2D eigenvalue weighted by Crippen LogP contribution is 2.34. The maximum atomic E-state index is 9.01. The predicted octanol–water partition coefficient (Wildman–Crippen LogP) is 8.39. The van der Waals surface area contributed by atoms with Gasteiger partial charge in [0.15, 0.2) is 0 Å². The van der Waals surface area contributed by atoms with E-state index < -0.39 is 60.4 Å². The first kappa shape index (κ1) is 25.6. The largest absolute Gasteiger partial charge is 0.458 e. The fourth-order valence-corrected chi connectivity index (χ4v) is 8.31. The number of anilines is 1. The fraction of sp³-hybridized carbons (Fsp3) is 0. The van der Waals surface area contributed by atoms with Crippen molar-refractivity contribution >= 4 is 52.3 Å². The van der Waals surface area contributed by atoms with Crippen molar-refractivity contribution in [3.8, 4) is 45.1 Å². The van der Waals surface area contributed by atoms with Gasteiger partial charge >= 0.3 is 6.85 Å². The number of ether oxygens (including phenoxy) is 1. The Morgan fingerprint density at radius 2 is 1.34 bits per heavy atom. The molecule has 0 atom stereocenters. The van der Waals surface area contributed by atoms with E-state index in [1.165, 1.54) is 0 Å². The Labute approximate surface area is 358 Å². The number of nitrogens with zero attached hydrogens (tertiary/aromatic N) is 4. The Hall–Kier alpha value is -7.63. The SMILES string of the molecule is [2H]c1c([2H])c([2H])c(-c2cccc(-c3c([2H])c([2H])c([2H])c([2H])c3[2H])c2-[n+]2[c-]n(-c3cccc(Oc4cccc(B5c6ccccc6N6C=CC=CB6c6cccnc65)c4)c3)c3ccccc32)c([2H])c1[2H]. The van der Waals surface area contributed by atoms with Crippen LogP contribution in [0.3, 0.4) is 0 Å². The minimum atomic E-state index is -0.565. The van der Waals surface area contributed by atoms with Crippen LogP contribution in [0.15, 0.2) is 218 Å². The van der Waals surface area contributed by atoms with Crippen LogP contribution >= 0.6 is 0 Å². The van der Waals surface area contributed by atoms with Crippen LogP contribution in [-0.4, -0.2) is 23.1 Å². The third-order valence-corrected chi connectivity index (χ3v) is 10.8. The summed E-state index contributed by atoms with van der Waals surface area (Å²) in [5, 5.41) is 0. The summed E-state index contributed by atoms with van der Waals surface area (Å²) < 4.78 is 97.0. The van der Waals surface area contributed by atoms with E-state index >= 15 is 0 Å². The fourth-order valence-electron chi connectivity index (χ4n) is 8.31. The normalized spacial score (nSPS) is 15.2. The van der Waals surface area contributed by atoms with Gasteiger partial charge in [-0.3, -0.25) is 14.1 Å². The van der Waals surface area contributed by atoms with E-state index in [4.69, 9.17) is 23.4 Å². The summed E-state index contributed by atoms with van der Waals surface area (Å²) in [5.74, 6) is 3.32. The molecular formula is C52H36B2N4O. The number of allylic oxidation sites excluding steroid dienone is 2. The highest BCUT2D eigenvalue weighted by atomic mass is 16.5. The summed E-state index contributed by atoms with van der Waals surface area (Å²) in [6, 6.07) is 35.0. The number of imidazole rings is 1. The molecular weight excluding hydrogens is 718 g/mol. The molecule has 2 aliphatic heterocycles. The quantitative estimate of drug-likeness (QED) is 0.0930. The third kappa shape index (κ3) is 6.16. The van der Waals surface area contributed by atoms with Crippen molar-refractivity contribution in [1.82, 2.24) is 9.55 Å². The predicted molar refractivity (Wildman–Crippen MR) is 243 cm³/mol. The lowest BCUT2D eigenvalue weighted by molar-refractivity contribution is -0.571. The monoisotopic (exact) mass is 764 g/mol. The molecule has 9 aromatic rings. The number of benzene rings is 7. The van der Waals surface area contributed by atoms with Gasteiger partial charge in [-0.2, -0.15) is 0 Å². The molecule has 59 heavy (non-hydrogen) atoms. The minimum absolute atomic E-state index is 0.0205. The Kier molecular flexibility index (Phi) is 6.38. The van der Waals surface area contributed by atoms with Gasteiger partial charge in [-0.25, -0.2) is 0 Å². The Morgan fingerprint density at radius 3 is 2.15 bits per heavy atom. The summed E-state index contributed by atoms with van der Waals surface area (Å²) in [7, 11) is 0. The van der Waals surface area contributed by atoms with E-state index in [9.17, 15) is 0 Å². The molecule has 2 aromatic heterocycles. The first-order chi connectivity index (χ1) is 33.4. The Bertz CT molecular complexity index is 3470. The maximum Gasteiger partial charge on any atom is 0.321 e. The number of fused-ring (bicyclic) bond motifs is 6. The summed E-state index contributed by atoms with van der Waals surface area (Å²) in [5.41, 5.74) is 7.39. The van der Waals surface area contributed by atoms with Gasteiger partial charge < -0.3 is 9.55 Å². The molecule has 0 spiro atoms. The van der Waals surface area contributed by atoms with E-state index in [0.29, 0.717) is 28.2 Å². The molecule has 0 saturated heterocycles. The minimum Gasteiger partial charge on any atom is -0.458 e. The molecule has 0 bridgehead atoms. The molecule has 0 saturated carbocycles. The summed E-state index contributed by atoms with van der Waals surface area (Å²) in [6.07, 6.45) is 11.5. The van der Waals surface area contributed by atoms with Crippen molar-refractivity contribution in [2.75, 3.05) is 4.81 Å². The highest BCUT2D eigenvalue weighted by molar-refractivity contribution is 7.02. The summed E-state index contributed by atoms with van der Waals surface area (Å²) in [6.45, 7) is -0.221. The van der Waals surface area contributed by atoms with Gasteiger partial charge in [-0.05, 0) is 87.9 Å². The molecule has 2 aliphatic rings. The van der Waals surface area contributed by atoms with E-state index in [2.05, 4.69) is 65.8 Å². The maximum absolute atomic E-state index is 9.01. The molecule has 0 radical (unpaired) electrons. The van der Waals surface area contributed by atoms with Crippen LogP contribution < -0.4 is 36.1 Å². The molecule has 0 unspecified atom stereocenters. The van der Waals surface area contributed by atoms with Crippen LogP contribution in [0.4, 0.5) is 5.69 Å². The van der Waals surface area contributed by atoms with Crippen molar-refractivity contribution in [1.29, 1.82) is 0 Å².